The Kier molecular flexibility index (Phi) is 4.50. The molecule has 1 atom stereocenters. The Morgan fingerprint density at radius 3 is 2.89 bits per heavy atom. The fourth-order valence-corrected chi connectivity index (χ4v) is 2.99. The van der Waals surface area contributed by atoms with E-state index in [0.717, 1.165) is 11.3 Å². The van der Waals surface area contributed by atoms with Crippen molar-refractivity contribution in [1.82, 2.24) is 10.1 Å². The number of carbonyl (C=O) groups excluding carboxylic acids is 1. The zero-order valence-electron chi connectivity index (χ0n) is 15.1. The first-order valence-corrected chi connectivity index (χ1v) is 8.78. The minimum Gasteiger partial charge on any atom is -0.494 e. The number of carbonyl (C=O) groups is 1. The predicted octanol–water partition coefficient (Wildman–Crippen LogP) is 3.45. The van der Waals surface area contributed by atoms with Crippen LogP contribution in [0, 0.1) is 0 Å². The van der Waals surface area contributed by atoms with Crippen molar-refractivity contribution in [3.8, 4) is 22.9 Å². The highest BCUT2D eigenvalue weighted by molar-refractivity contribution is 5.99. The van der Waals surface area contributed by atoms with Crippen LogP contribution < -0.4 is 14.4 Å². The molecule has 0 fully saturated rings. The topological polar surface area (TPSA) is 77.7 Å². The number of rotatable bonds is 5. The van der Waals surface area contributed by atoms with Gasteiger partial charge in [-0.15, -0.1) is 0 Å². The predicted molar refractivity (Wildman–Crippen MR) is 98.6 cm³/mol. The summed E-state index contributed by atoms with van der Waals surface area (Å²) >= 11 is 0. The summed E-state index contributed by atoms with van der Waals surface area (Å²) < 4.78 is 16.5. The highest BCUT2D eigenvalue weighted by atomic mass is 16.5. The van der Waals surface area contributed by atoms with Crippen LogP contribution in [0.2, 0.25) is 0 Å². The summed E-state index contributed by atoms with van der Waals surface area (Å²) in [6, 6.07) is 14.9. The normalized spacial score (nSPS) is 16.0. The molecule has 4 rings (SSSR count). The third kappa shape index (κ3) is 3.36. The molecule has 27 heavy (non-hydrogen) atoms. The Hall–Kier alpha value is -3.35. The van der Waals surface area contributed by atoms with Crippen molar-refractivity contribution in [2.24, 2.45) is 0 Å². The number of fused-ring (bicyclic) bond motifs is 1. The Bertz CT molecular complexity index is 969. The third-order valence-electron chi connectivity index (χ3n) is 4.24. The Labute approximate surface area is 156 Å². The fraction of sp³-hybridized carbons (Fsp3) is 0.250. The van der Waals surface area contributed by atoms with E-state index in [1.54, 1.807) is 11.8 Å². The maximum atomic E-state index is 12.6. The van der Waals surface area contributed by atoms with Gasteiger partial charge >= 0.3 is 0 Å². The quantitative estimate of drug-likeness (QED) is 0.689. The summed E-state index contributed by atoms with van der Waals surface area (Å²) in [5.74, 6) is 2.06. The van der Waals surface area contributed by atoms with Gasteiger partial charge in [-0.3, -0.25) is 9.69 Å². The maximum absolute atomic E-state index is 12.6. The van der Waals surface area contributed by atoms with E-state index in [4.69, 9.17) is 14.0 Å². The van der Waals surface area contributed by atoms with Crippen molar-refractivity contribution in [1.29, 1.82) is 0 Å². The number of hydrogen-bond donors (Lipinski definition) is 0. The van der Waals surface area contributed by atoms with Gasteiger partial charge in [0.2, 0.25) is 11.7 Å². The zero-order chi connectivity index (χ0) is 18.8. The standard InChI is InChI=1S/C20H19N3O4/c1-3-25-15-8-6-7-14(11-15)19-21-18(27-22-19)12-23-16-9-4-5-10-17(16)26-13(2)20(23)24/h4-11,13H,3,12H2,1-2H3. The van der Waals surface area contributed by atoms with Crippen molar-refractivity contribution in [3.63, 3.8) is 0 Å². The second-order valence-electron chi connectivity index (χ2n) is 6.12. The van der Waals surface area contributed by atoms with Crippen molar-refractivity contribution in [2.75, 3.05) is 11.5 Å². The summed E-state index contributed by atoms with van der Waals surface area (Å²) in [6.07, 6.45) is -0.565. The molecule has 1 amide bonds. The van der Waals surface area contributed by atoms with Crippen molar-refractivity contribution in [2.45, 2.75) is 26.5 Å². The Balaban J connectivity index is 1.59. The van der Waals surface area contributed by atoms with Crippen molar-refractivity contribution in [3.05, 3.63) is 54.4 Å². The van der Waals surface area contributed by atoms with Crippen LogP contribution in [0.4, 0.5) is 5.69 Å². The van der Waals surface area contributed by atoms with Gasteiger partial charge in [-0.25, -0.2) is 0 Å². The lowest BCUT2D eigenvalue weighted by molar-refractivity contribution is -0.125. The molecule has 0 saturated heterocycles. The van der Waals surface area contributed by atoms with Crippen LogP contribution in [0.1, 0.15) is 19.7 Å². The van der Waals surface area contributed by atoms with Gasteiger partial charge in [-0.1, -0.05) is 29.4 Å². The van der Waals surface area contributed by atoms with E-state index in [2.05, 4.69) is 10.1 Å². The average molecular weight is 365 g/mol. The number of amides is 1. The number of aromatic nitrogens is 2. The van der Waals surface area contributed by atoms with E-state index < -0.39 is 6.10 Å². The van der Waals surface area contributed by atoms with Crippen LogP contribution in [-0.2, 0) is 11.3 Å². The Morgan fingerprint density at radius 2 is 2.04 bits per heavy atom. The van der Waals surface area contributed by atoms with Gasteiger partial charge < -0.3 is 14.0 Å². The van der Waals surface area contributed by atoms with Gasteiger partial charge in [-0.05, 0) is 38.1 Å². The van der Waals surface area contributed by atoms with Crippen LogP contribution in [-0.4, -0.2) is 28.8 Å². The van der Waals surface area contributed by atoms with Gasteiger partial charge in [0.1, 0.15) is 18.0 Å². The van der Waals surface area contributed by atoms with Gasteiger partial charge in [0.25, 0.3) is 5.91 Å². The summed E-state index contributed by atoms with van der Waals surface area (Å²) in [6.45, 7) is 4.42. The summed E-state index contributed by atoms with van der Waals surface area (Å²) in [4.78, 5) is 18.6. The third-order valence-corrected chi connectivity index (χ3v) is 4.24. The van der Waals surface area contributed by atoms with E-state index in [1.807, 2.05) is 55.5 Å². The fourth-order valence-electron chi connectivity index (χ4n) is 2.99. The number of nitrogens with zero attached hydrogens (tertiary/aromatic N) is 3. The molecule has 7 nitrogen and oxygen atoms in total. The lowest BCUT2D eigenvalue weighted by Crippen LogP contribution is -2.44. The first-order valence-electron chi connectivity index (χ1n) is 8.78. The first-order chi connectivity index (χ1) is 13.2. The molecule has 3 aromatic rings. The van der Waals surface area contributed by atoms with Gasteiger partial charge in [0.05, 0.1) is 12.3 Å². The second kappa shape index (κ2) is 7.11. The van der Waals surface area contributed by atoms with E-state index in [-0.39, 0.29) is 12.5 Å². The molecular formula is C20H19N3O4. The monoisotopic (exact) mass is 365 g/mol. The second-order valence-corrected chi connectivity index (χ2v) is 6.12. The minimum absolute atomic E-state index is 0.146. The highest BCUT2D eigenvalue weighted by Crippen LogP contribution is 2.34. The lowest BCUT2D eigenvalue weighted by Gasteiger charge is -2.31. The number of para-hydroxylation sites is 2. The van der Waals surface area contributed by atoms with Crippen molar-refractivity contribution < 1.29 is 18.8 Å². The molecule has 0 saturated carbocycles. The molecule has 2 heterocycles. The number of benzene rings is 2. The zero-order valence-corrected chi connectivity index (χ0v) is 15.1. The van der Waals surface area contributed by atoms with Gasteiger partial charge in [0.15, 0.2) is 6.10 Å². The van der Waals surface area contributed by atoms with Crippen LogP contribution in [0.3, 0.4) is 0 Å². The molecule has 0 bridgehead atoms. The van der Waals surface area contributed by atoms with E-state index in [0.29, 0.717) is 29.8 Å². The van der Waals surface area contributed by atoms with Gasteiger partial charge in [-0.2, -0.15) is 4.98 Å². The number of anilines is 1. The maximum Gasteiger partial charge on any atom is 0.268 e. The summed E-state index contributed by atoms with van der Waals surface area (Å²) in [5, 5.41) is 4.04. The highest BCUT2D eigenvalue weighted by Gasteiger charge is 2.32. The molecule has 7 heteroatoms. The molecule has 1 unspecified atom stereocenters. The van der Waals surface area contributed by atoms with Crippen LogP contribution >= 0.6 is 0 Å². The van der Waals surface area contributed by atoms with E-state index in [9.17, 15) is 4.79 Å². The van der Waals surface area contributed by atoms with Crippen LogP contribution in [0.25, 0.3) is 11.4 Å². The van der Waals surface area contributed by atoms with Crippen LogP contribution in [0.5, 0.6) is 11.5 Å². The largest absolute Gasteiger partial charge is 0.494 e. The lowest BCUT2D eigenvalue weighted by atomic mass is 10.2. The SMILES string of the molecule is CCOc1cccc(-c2noc(CN3C(=O)C(C)Oc4ccccc43)n2)c1. The molecule has 2 aromatic carbocycles. The molecular weight excluding hydrogens is 346 g/mol. The van der Waals surface area contributed by atoms with Gasteiger partial charge in [0, 0.05) is 5.56 Å². The van der Waals surface area contributed by atoms with E-state index in [1.165, 1.54) is 0 Å². The number of hydrogen-bond acceptors (Lipinski definition) is 6. The molecule has 0 N–H and O–H groups in total. The first kappa shape index (κ1) is 17.1. The van der Waals surface area contributed by atoms with Crippen molar-refractivity contribution >= 4 is 11.6 Å². The molecule has 0 spiro atoms. The number of ether oxygens (including phenoxy) is 2. The van der Waals surface area contributed by atoms with E-state index >= 15 is 0 Å². The molecule has 1 aliphatic heterocycles. The molecule has 1 aromatic heterocycles. The minimum atomic E-state index is -0.565. The molecule has 0 radical (unpaired) electrons. The summed E-state index contributed by atoms with van der Waals surface area (Å²) in [5.41, 5.74) is 1.48. The Morgan fingerprint density at radius 1 is 1.19 bits per heavy atom. The average Bonchev–Trinajstić information content (AvgIpc) is 3.15. The smallest absolute Gasteiger partial charge is 0.268 e. The molecule has 0 aliphatic carbocycles. The molecule has 1 aliphatic rings. The molecule has 138 valence electrons. The van der Waals surface area contributed by atoms with Crippen LogP contribution in [0.15, 0.2) is 53.1 Å². The summed E-state index contributed by atoms with van der Waals surface area (Å²) in [7, 11) is 0.